The van der Waals surface area contributed by atoms with Crippen molar-refractivity contribution < 1.29 is 0 Å². The molecule has 56 valence electrons. The Morgan fingerprint density at radius 1 is 1.40 bits per heavy atom. The van der Waals surface area contributed by atoms with Crippen molar-refractivity contribution in [2.45, 2.75) is 31.2 Å². The molecular weight excluding hydrogens is 122 g/mol. The first-order valence-corrected chi connectivity index (χ1v) is 4.54. The van der Waals surface area contributed by atoms with E-state index >= 15 is 0 Å². The van der Waals surface area contributed by atoms with Crippen molar-refractivity contribution in [3.8, 4) is 0 Å². The summed E-state index contributed by atoms with van der Waals surface area (Å²) < 4.78 is 0. The molecule has 3 atom stereocenters. The van der Waals surface area contributed by atoms with E-state index in [0.717, 1.165) is 17.4 Å². The minimum absolute atomic E-state index is 0.741. The summed E-state index contributed by atoms with van der Waals surface area (Å²) in [5.74, 6) is 2.27. The molecule has 2 bridgehead atoms. The smallest absolute Gasteiger partial charge is 0.0240 e. The number of hydrogen-bond acceptors (Lipinski definition) is 1. The first-order chi connectivity index (χ1) is 4.83. The highest BCUT2D eigenvalue weighted by molar-refractivity contribution is 5.17. The Kier molecular flexibility index (Phi) is 0.797. The SMILES string of the molecule is CN1CCC2[C@H]3CCC21C3. The molecule has 1 spiro atoms. The molecule has 0 radical (unpaired) electrons. The molecule has 10 heavy (non-hydrogen) atoms. The van der Waals surface area contributed by atoms with Gasteiger partial charge in [0, 0.05) is 5.54 Å². The minimum Gasteiger partial charge on any atom is -0.300 e. The van der Waals surface area contributed by atoms with E-state index < -0.39 is 0 Å². The second-order valence-electron chi connectivity index (χ2n) is 4.42. The van der Waals surface area contributed by atoms with E-state index in [1.807, 2.05) is 0 Å². The van der Waals surface area contributed by atoms with Crippen molar-refractivity contribution in [2.75, 3.05) is 13.6 Å². The van der Waals surface area contributed by atoms with Gasteiger partial charge in [-0.1, -0.05) is 0 Å². The average molecular weight is 137 g/mol. The van der Waals surface area contributed by atoms with Gasteiger partial charge in [0.15, 0.2) is 0 Å². The molecule has 0 amide bonds. The second-order valence-corrected chi connectivity index (χ2v) is 4.42. The summed E-state index contributed by atoms with van der Waals surface area (Å²) in [5, 5.41) is 0. The molecule has 1 nitrogen and oxygen atoms in total. The summed E-state index contributed by atoms with van der Waals surface area (Å²) in [6, 6.07) is 0. The second kappa shape index (κ2) is 1.42. The van der Waals surface area contributed by atoms with Gasteiger partial charge in [0.05, 0.1) is 0 Å². The predicted molar refractivity (Wildman–Crippen MR) is 40.8 cm³/mol. The summed E-state index contributed by atoms with van der Waals surface area (Å²) >= 11 is 0. The van der Waals surface area contributed by atoms with Crippen LogP contribution in [0.15, 0.2) is 0 Å². The van der Waals surface area contributed by atoms with Gasteiger partial charge in [-0.3, -0.25) is 0 Å². The van der Waals surface area contributed by atoms with E-state index in [9.17, 15) is 0 Å². The fourth-order valence-corrected chi connectivity index (χ4v) is 3.74. The van der Waals surface area contributed by atoms with Gasteiger partial charge in [0.2, 0.25) is 0 Å². The third kappa shape index (κ3) is 0.378. The molecule has 2 unspecified atom stereocenters. The number of likely N-dealkylation sites (tertiary alicyclic amines) is 1. The zero-order valence-corrected chi connectivity index (χ0v) is 6.64. The van der Waals surface area contributed by atoms with Crippen LogP contribution >= 0.6 is 0 Å². The Bertz CT molecular complexity index is 174. The normalized spacial score (nSPS) is 58.5. The van der Waals surface area contributed by atoms with Crippen LogP contribution in [-0.2, 0) is 0 Å². The van der Waals surface area contributed by atoms with Crippen LogP contribution in [0, 0.1) is 11.8 Å². The van der Waals surface area contributed by atoms with Gasteiger partial charge in [0.25, 0.3) is 0 Å². The highest BCUT2D eigenvalue weighted by Crippen LogP contribution is 2.63. The van der Waals surface area contributed by atoms with Gasteiger partial charge in [-0.2, -0.15) is 0 Å². The lowest BCUT2D eigenvalue weighted by Gasteiger charge is -2.46. The van der Waals surface area contributed by atoms with Crippen LogP contribution in [0.5, 0.6) is 0 Å². The molecule has 4 rings (SSSR count). The predicted octanol–water partition coefficient (Wildman–Crippen LogP) is 1.49. The van der Waals surface area contributed by atoms with Gasteiger partial charge < -0.3 is 4.90 Å². The van der Waals surface area contributed by atoms with Gasteiger partial charge in [-0.05, 0) is 51.1 Å². The molecule has 1 heterocycles. The number of rotatable bonds is 0. The average Bonchev–Trinajstić information content (AvgIpc) is 2.45. The van der Waals surface area contributed by atoms with Crippen LogP contribution in [0.4, 0.5) is 0 Å². The van der Waals surface area contributed by atoms with Crippen molar-refractivity contribution in [3.05, 3.63) is 0 Å². The number of fused-ring (bicyclic) bond motifs is 1. The Hall–Kier alpha value is -0.0400. The molecule has 4 aliphatic rings. The van der Waals surface area contributed by atoms with Crippen molar-refractivity contribution in [1.29, 1.82) is 0 Å². The van der Waals surface area contributed by atoms with E-state index in [1.165, 1.54) is 32.2 Å². The maximum Gasteiger partial charge on any atom is 0.0240 e. The summed E-state index contributed by atoms with van der Waals surface area (Å²) in [7, 11) is 2.32. The molecular formula is C9H15N. The van der Waals surface area contributed by atoms with Crippen LogP contribution in [0.25, 0.3) is 0 Å². The van der Waals surface area contributed by atoms with Crippen LogP contribution < -0.4 is 0 Å². The third-order valence-corrected chi connectivity index (χ3v) is 4.36. The van der Waals surface area contributed by atoms with Crippen LogP contribution in [-0.4, -0.2) is 24.0 Å². The first-order valence-electron chi connectivity index (χ1n) is 4.54. The molecule has 0 aromatic heterocycles. The Morgan fingerprint density at radius 2 is 2.30 bits per heavy atom. The number of hydrogen-bond donors (Lipinski definition) is 0. The van der Waals surface area contributed by atoms with Crippen LogP contribution in [0.2, 0.25) is 0 Å². The number of nitrogens with zero attached hydrogens (tertiary/aromatic N) is 1. The molecule has 1 heteroatoms. The molecule has 3 saturated carbocycles. The zero-order valence-electron chi connectivity index (χ0n) is 6.64. The summed E-state index contributed by atoms with van der Waals surface area (Å²) in [4.78, 5) is 2.63. The van der Waals surface area contributed by atoms with Gasteiger partial charge in [-0.25, -0.2) is 0 Å². The standard InChI is InChI=1S/C9H15N/c1-10-5-3-8-7-2-4-9(8,10)6-7/h7-8H,2-6H2,1H3/t7-,8?,9?/m0/s1. The quantitative estimate of drug-likeness (QED) is 0.489. The lowest BCUT2D eigenvalue weighted by atomic mass is 9.67. The van der Waals surface area contributed by atoms with E-state index in [4.69, 9.17) is 0 Å². The highest BCUT2D eigenvalue weighted by atomic mass is 15.2. The Morgan fingerprint density at radius 3 is 3.00 bits per heavy atom. The summed E-state index contributed by atoms with van der Waals surface area (Å²) in [6.07, 6.45) is 6.09. The lowest BCUT2D eigenvalue weighted by Crippen LogP contribution is -2.51. The maximum atomic E-state index is 2.63. The lowest BCUT2D eigenvalue weighted by molar-refractivity contribution is 0.0432. The largest absolute Gasteiger partial charge is 0.300 e. The minimum atomic E-state index is 0.741. The fourth-order valence-electron chi connectivity index (χ4n) is 3.74. The van der Waals surface area contributed by atoms with Crippen LogP contribution in [0.3, 0.4) is 0 Å². The van der Waals surface area contributed by atoms with Gasteiger partial charge in [-0.15, -0.1) is 0 Å². The highest BCUT2D eigenvalue weighted by Gasteiger charge is 2.63. The molecule has 1 aliphatic heterocycles. The van der Waals surface area contributed by atoms with E-state index in [2.05, 4.69) is 11.9 Å². The summed E-state index contributed by atoms with van der Waals surface area (Å²) in [5.41, 5.74) is 0.741. The molecule has 0 N–H and O–H groups in total. The molecule has 4 fully saturated rings. The third-order valence-electron chi connectivity index (χ3n) is 4.36. The molecule has 0 aromatic rings. The van der Waals surface area contributed by atoms with E-state index in [0.29, 0.717) is 0 Å². The fraction of sp³-hybridized carbons (Fsp3) is 1.00. The van der Waals surface area contributed by atoms with E-state index in [-0.39, 0.29) is 0 Å². The van der Waals surface area contributed by atoms with Crippen LogP contribution in [0.1, 0.15) is 25.7 Å². The molecule has 1 saturated heterocycles. The van der Waals surface area contributed by atoms with Crippen molar-refractivity contribution in [2.24, 2.45) is 11.8 Å². The van der Waals surface area contributed by atoms with Gasteiger partial charge in [0.1, 0.15) is 0 Å². The molecule has 3 aliphatic carbocycles. The van der Waals surface area contributed by atoms with Crippen molar-refractivity contribution >= 4 is 0 Å². The zero-order chi connectivity index (χ0) is 6.77. The molecule has 0 aromatic carbocycles. The first kappa shape index (κ1) is 5.59. The van der Waals surface area contributed by atoms with E-state index in [1.54, 1.807) is 0 Å². The Balaban J connectivity index is 2.00. The van der Waals surface area contributed by atoms with Crippen molar-refractivity contribution in [1.82, 2.24) is 4.90 Å². The topological polar surface area (TPSA) is 3.24 Å². The summed E-state index contributed by atoms with van der Waals surface area (Å²) in [6.45, 7) is 1.38. The maximum absolute atomic E-state index is 2.63. The van der Waals surface area contributed by atoms with Crippen molar-refractivity contribution in [3.63, 3.8) is 0 Å². The van der Waals surface area contributed by atoms with Gasteiger partial charge >= 0.3 is 0 Å². The Labute approximate surface area is 62.4 Å². The monoisotopic (exact) mass is 137 g/mol.